The minimum atomic E-state index is -4.86. The summed E-state index contributed by atoms with van der Waals surface area (Å²) < 4.78 is 32.1. The van der Waals surface area contributed by atoms with Crippen LogP contribution in [0.15, 0.2) is 0 Å². The molecular weight excluding hydrogens is 147 g/mol. The zero-order valence-corrected chi connectivity index (χ0v) is 5.20. The molecule has 2 nitrogen and oxygen atoms in total. The van der Waals surface area contributed by atoms with E-state index in [0.29, 0.717) is 0 Å². The highest BCUT2D eigenvalue weighted by molar-refractivity contribution is 5.79. The van der Waals surface area contributed by atoms with Crippen LogP contribution in [0.3, 0.4) is 0 Å². The molecule has 0 fully saturated rings. The monoisotopic (exact) mass is 153 g/mol. The van der Waals surface area contributed by atoms with Crippen molar-refractivity contribution < 1.29 is 18.0 Å². The van der Waals surface area contributed by atoms with Crippen molar-refractivity contribution in [2.24, 2.45) is 5.73 Å². The molecule has 0 saturated heterocycles. The van der Waals surface area contributed by atoms with Crippen LogP contribution in [-0.2, 0) is 4.79 Å². The third-order valence-electron chi connectivity index (χ3n) is 0.279. The van der Waals surface area contributed by atoms with Crippen LogP contribution in [0.2, 0.25) is 0 Å². The molecule has 0 bridgehead atoms. The molecule has 0 radical (unpaired) electrons. The summed E-state index contributed by atoms with van der Waals surface area (Å²) in [6.45, 7) is 1.65. The third kappa shape index (κ3) is 9.94. The first-order valence-corrected chi connectivity index (χ1v) is 2.10. The van der Waals surface area contributed by atoms with Crippen molar-refractivity contribution in [1.82, 2.24) is 0 Å². The van der Waals surface area contributed by atoms with Crippen LogP contribution in [0.5, 0.6) is 0 Å². The van der Waals surface area contributed by atoms with Crippen LogP contribution in [-0.4, -0.2) is 12.1 Å². The highest BCUT2D eigenvalue weighted by Crippen LogP contribution is 2.11. The first-order valence-electron chi connectivity index (χ1n) is 2.10. The van der Waals surface area contributed by atoms with E-state index in [9.17, 15) is 13.2 Å². The lowest BCUT2D eigenvalue weighted by molar-refractivity contribution is -0.169. The standard InChI is InChI=1S/C3H4.C2H2F3NO/c1-3-2;3-2(4,5)1(6)7/h1H,2H3;(H2,6,7). The Hall–Kier alpha value is -1.18. The first kappa shape index (κ1) is 11.6. The molecule has 0 aliphatic carbocycles. The molecule has 10 heavy (non-hydrogen) atoms. The fourth-order valence-electron chi connectivity index (χ4n) is 0. The van der Waals surface area contributed by atoms with Gasteiger partial charge in [0.1, 0.15) is 0 Å². The zero-order chi connectivity index (χ0) is 8.78. The van der Waals surface area contributed by atoms with Crippen molar-refractivity contribution in [2.45, 2.75) is 13.1 Å². The minimum Gasteiger partial charge on any atom is -0.362 e. The van der Waals surface area contributed by atoms with E-state index in [1.54, 1.807) is 6.92 Å². The highest BCUT2D eigenvalue weighted by Gasteiger charge is 2.35. The van der Waals surface area contributed by atoms with Gasteiger partial charge in [0.05, 0.1) is 0 Å². The van der Waals surface area contributed by atoms with E-state index in [1.807, 2.05) is 0 Å². The Morgan fingerprint density at radius 1 is 1.60 bits per heavy atom. The van der Waals surface area contributed by atoms with Gasteiger partial charge in [0, 0.05) is 0 Å². The average Bonchev–Trinajstić information content (AvgIpc) is 1.64. The number of halogens is 3. The molecule has 0 heterocycles. The van der Waals surface area contributed by atoms with Gasteiger partial charge in [-0.3, -0.25) is 4.79 Å². The van der Waals surface area contributed by atoms with Crippen molar-refractivity contribution in [3.8, 4) is 12.3 Å². The Morgan fingerprint density at radius 2 is 1.70 bits per heavy atom. The lowest BCUT2D eigenvalue weighted by atomic mass is 10.6. The quantitative estimate of drug-likeness (QED) is 0.511. The molecule has 5 heteroatoms. The van der Waals surface area contributed by atoms with Crippen molar-refractivity contribution in [2.75, 3.05) is 0 Å². The summed E-state index contributed by atoms with van der Waals surface area (Å²) in [5.74, 6) is -0.00694. The Kier molecular flexibility index (Phi) is 5.42. The Bertz CT molecular complexity index is 144. The van der Waals surface area contributed by atoms with Gasteiger partial charge in [-0.25, -0.2) is 0 Å². The summed E-state index contributed by atoms with van der Waals surface area (Å²) in [4.78, 5) is 9.12. The average molecular weight is 153 g/mol. The SMILES string of the molecule is C#CC.NC(=O)C(F)(F)F. The van der Waals surface area contributed by atoms with E-state index in [0.717, 1.165) is 0 Å². The molecule has 0 atom stereocenters. The van der Waals surface area contributed by atoms with Crippen LogP contribution in [0, 0.1) is 12.3 Å². The maximum absolute atomic E-state index is 10.7. The van der Waals surface area contributed by atoms with Crippen molar-refractivity contribution in [1.29, 1.82) is 0 Å². The van der Waals surface area contributed by atoms with E-state index in [1.165, 1.54) is 0 Å². The smallest absolute Gasteiger partial charge is 0.362 e. The molecule has 0 aromatic carbocycles. The van der Waals surface area contributed by atoms with Crippen LogP contribution in [0.25, 0.3) is 0 Å². The molecule has 0 aliphatic rings. The molecule has 0 aromatic rings. The van der Waals surface area contributed by atoms with Crippen LogP contribution >= 0.6 is 0 Å². The van der Waals surface area contributed by atoms with E-state index in [2.05, 4.69) is 18.1 Å². The molecule has 0 saturated carbocycles. The molecule has 2 N–H and O–H groups in total. The van der Waals surface area contributed by atoms with Gasteiger partial charge in [-0.15, -0.1) is 12.3 Å². The summed E-state index contributed by atoms with van der Waals surface area (Å²) in [6.07, 6.45) is -0.264. The van der Waals surface area contributed by atoms with Crippen LogP contribution in [0.1, 0.15) is 6.92 Å². The number of rotatable bonds is 0. The number of hydrogen-bond donors (Lipinski definition) is 1. The number of carbonyl (C=O) groups excluding carboxylic acids is 1. The van der Waals surface area contributed by atoms with Gasteiger partial charge in [-0.1, -0.05) is 0 Å². The summed E-state index contributed by atoms with van der Waals surface area (Å²) in [6, 6.07) is 0. The van der Waals surface area contributed by atoms with Gasteiger partial charge in [0.15, 0.2) is 0 Å². The molecule has 0 rings (SSSR count). The Balaban J connectivity index is 0. The number of alkyl halides is 3. The van der Waals surface area contributed by atoms with Gasteiger partial charge >= 0.3 is 12.1 Å². The number of amides is 1. The van der Waals surface area contributed by atoms with Crippen LogP contribution < -0.4 is 5.73 Å². The first-order chi connectivity index (χ1) is 4.36. The number of nitrogens with two attached hydrogens (primary N) is 1. The topological polar surface area (TPSA) is 43.1 Å². The van der Waals surface area contributed by atoms with Gasteiger partial charge in [-0.05, 0) is 6.92 Å². The molecule has 0 aromatic heterocycles. The predicted molar refractivity (Wildman–Crippen MR) is 29.8 cm³/mol. The summed E-state index contributed by atoms with van der Waals surface area (Å²) in [5, 5.41) is 0. The molecular formula is C5H6F3NO. The van der Waals surface area contributed by atoms with E-state index >= 15 is 0 Å². The molecule has 58 valence electrons. The number of terminal acetylenes is 1. The maximum atomic E-state index is 10.7. The largest absolute Gasteiger partial charge is 0.470 e. The second kappa shape index (κ2) is 4.68. The number of primary amides is 1. The lowest BCUT2D eigenvalue weighted by Gasteiger charge is -1.95. The predicted octanol–water partition coefficient (Wildman–Crippen LogP) is 0.674. The molecule has 0 unspecified atom stereocenters. The highest BCUT2D eigenvalue weighted by atomic mass is 19.4. The summed E-state index contributed by atoms with van der Waals surface area (Å²) in [7, 11) is 0. The Labute approximate surface area is 56.2 Å². The van der Waals surface area contributed by atoms with Crippen molar-refractivity contribution >= 4 is 5.91 Å². The van der Waals surface area contributed by atoms with Gasteiger partial charge < -0.3 is 5.73 Å². The van der Waals surface area contributed by atoms with Gasteiger partial charge in [-0.2, -0.15) is 13.2 Å². The number of hydrogen-bond acceptors (Lipinski definition) is 1. The van der Waals surface area contributed by atoms with Gasteiger partial charge in [0.25, 0.3) is 0 Å². The fraction of sp³-hybridized carbons (Fsp3) is 0.400. The number of carbonyl (C=O) groups is 1. The molecule has 0 aliphatic heterocycles. The summed E-state index contributed by atoms with van der Waals surface area (Å²) in [5.41, 5.74) is 3.81. The second-order valence-electron chi connectivity index (χ2n) is 1.15. The molecule has 1 amide bonds. The maximum Gasteiger partial charge on any atom is 0.470 e. The fourth-order valence-corrected chi connectivity index (χ4v) is 0. The third-order valence-corrected chi connectivity index (χ3v) is 0.279. The minimum absolute atomic E-state index is 1.65. The zero-order valence-electron chi connectivity index (χ0n) is 5.20. The van der Waals surface area contributed by atoms with E-state index < -0.39 is 12.1 Å². The summed E-state index contributed by atoms with van der Waals surface area (Å²) >= 11 is 0. The van der Waals surface area contributed by atoms with Gasteiger partial charge in [0.2, 0.25) is 0 Å². The van der Waals surface area contributed by atoms with E-state index in [4.69, 9.17) is 4.79 Å². The van der Waals surface area contributed by atoms with Crippen molar-refractivity contribution in [3.63, 3.8) is 0 Å². The lowest BCUT2D eigenvalue weighted by Crippen LogP contribution is -2.30. The van der Waals surface area contributed by atoms with Crippen molar-refractivity contribution in [3.05, 3.63) is 0 Å². The van der Waals surface area contributed by atoms with Crippen LogP contribution in [0.4, 0.5) is 13.2 Å². The second-order valence-corrected chi connectivity index (χ2v) is 1.15. The normalized spacial score (nSPS) is 8.70. The molecule has 0 spiro atoms. The van der Waals surface area contributed by atoms with E-state index in [-0.39, 0.29) is 0 Å². The Morgan fingerprint density at radius 3 is 1.70 bits per heavy atom.